The highest BCUT2D eigenvalue weighted by Crippen LogP contribution is 2.29. The summed E-state index contributed by atoms with van der Waals surface area (Å²) < 4.78 is 40.1. The summed E-state index contributed by atoms with van der Waals surface area (Å²) in [6.45, 7) is 4.77. The predicted molar refractivity (Wildman–Crippen MR) is 70.1 cm³/mol. The van der Waals surface area contributed by atoms with Crippen LogP contribution in [0.2, 0.25) is 0 Å². The van der Waals surface area contributed by atoms with Crippen LogP contribution in [0.15, 0.2) is 12.1 Å². The molecule has 1 saturated heterocycles. The van der Waals surface area contributed by atoms with Gasteiger partial charge in [0.15, 0.2) is 17.5 Å². The molecule has 21 heavy (non-hydrogen) atoms. The van der Waals surface area contributed by atoms with Crippen molar-refractivity contribution < 1.29 is 22.8 Å². The molecule has 1 heterocycles. The van der Waals surface area contributed by atoms with Gasteiger partial charge in [-0.15, -0.1) is 0 Å². The summed E-state index contributed by atoms with van der Waals surface area (Å²) in [7, 11) is 0. The highest BCUT2D eigenvalue weighted by atomic mass is 19.2. The molecule has 1 aliphatic rings. The molecule has 0 saturated carbocycles. The van der Waals surface area contributed by atoms with E-state index in [-0.39, 0.29) is 0 Å². The lowest BCUT2D eigenvalue weighted by molar-refractivity contribution is -0.133. The zero-order chi connectivity index (χ0) is 15.9. The average Bonchev–Trinajstić information content (AvgIpc) is 2.38. The van der Waals surface area contributed by atoms with E-state index in [4.69, 9.17) is 0 Å². The van der Waals surface area contributed by atoms with E-state index in [1.54, 1.807) is 20.8 Å². The molecule has 114 valence electrons. The van der Waals surface area contributed by atoms with Crippen molar-refractivity contribution in [2.45, 2.75) is 26.8 Å². The van der Waals surface area contributed by atoms with Gasteiger partial charge in [0.25, 0.3) is 5.91 Å². The smallest absolute Gasteiger partial charge is 0.250 e. The molecule has 0 bridgehead atoms. The Balaban J connectivity index is 2.46. The number of hydrogen-bond acceptors (Lipinski definition) is 2. The van der Waals surface area contributed by atoms with Crippen molar-refractivity contribution in [1.29, 1.82) is 0 Å². The van der Waals surface area contributed by atoms with Gasteiger partial charge in [-0.1, -0.05) is 20.8 Å². The molecule has 0 aliphatic carbocycles. The Morgan fingerprint density at radius 3 is 2.33 bits per heavy atom. The minimum absolute atomic E-state index is 0.437. The minimum atomic E-state index is -1.67. The summed E-state index contributed by atoms with van der Waals surface area (Å²) in [6.07, 6.45) is 0. The molecule has 1 unspecified atom stereocenters. The van der Waals surface area contributed by atoms with E-state index in [0.717, 1.165) is 17.0 Å². The van der Waals surface area contributed by atoms with Crippen LogP contribution in [0.1, 0.15) is 20.8 Å². The first-order valence-electron chi connectivity index (χ1n) is 6.37. The molecule has 1 aromatic rings. The highest BCUT2D eigenvalue weighted by Gasteiger charge is 2.41. The van der Waals surface area contributed by atoms with Crippen molar-refractivity contribution in [1.82, 2.24) is 5.32 Å². The molecule has 0 aromatic heterocycles. The number of halogens is 3. The largest absolute Gasteiger partial charge is 0.342 e. The number of nitrogens with one attached hydrogen (secondary N) is 1. The second-order valence-corrected chi connectivity index (χ2v) is 5.99. The second kappa shape index (κ2) is 5.05. The first kappa shape index (κ1) is 15.3. The third kappa shape index (κ3) is 2.72. The Bertz CT molecular complexity index is 611. The van der Waals surface area contributed by atoms with Crippen molar-refractivity contribution >= 4 is 17.5 Å². The van der Waals surface area contributed by atoms with E-state index in [0.29, 0.717) is 0 Å². The lowest BCUT2D eigenvalue weighted by atomic mass is 9.84. The fourth-order valence-electron chi connectivity index (χ4n) is 2.16. The second-order valence-electron chi connectivity index (χ2n) is 5.99. The number of carbonyl (C=O) groups excluding carboxylic acids is 2. The van der Waals surface area contributed by atoms with Crippen LogP contribution in [0, 0.1) is 22.9 Å². The van der Waals surface area contributed by atoms with Gasteiger partial charge in [-0.2, -0.15) is 0 Å². The van der Waals surface area contributed by atoms with Crippen LogP contribution in [0.25, 0.3) is 0 Å². The zero-order valence-electron chi connectivity index (χ0n) is 11.8. The van der Waals surface area contributed by atoms with Crippen LogP contribution in [-0.2, 0) is 9.59 Å². The number of nitrogens with zero attached hydrogens (tertiary/aromatic N) is 1. The molecular formula is C14H15F3N2O2. The standard InChI is InChI=1S/C14H15F3N2O2/c1-14(2,3)12-13(21)19(6-9(20)18-12)8-5-4-7(15)10(16)11(8)17/h4-5,12H,6H2,1-3H3,(H,18,20). The van der Waals surface area contributed by atoms with Crippen LogP contribution in [0.4, 0.5) is 18.9 Å². The first-order valence-corrected chi connectivity index (χ1v) is 6.37. The van der Waals surface area contributed by atoms with Gasteiger partial charge < -0.3 is 5.32 Å². The van der Waals surface area contributed by atoms with Gasteiger partial charge in [0, 0.05) is 0 Å². The predicted octanol–water partition coefficient (Wildman–Crippen LogP) is 1.98. The minimum Gasteiger partial charge on any atom is -0.342 e. The molecule has 2 rings (SSSR count). The summed E-state index contributed by atoms with van der Waals surface area (Å²) in [6, 6.07) is 0.801. The van der Waals surface area contributed by atoms with E-state index in [2.05, 4.69) is 5.32 Å². The molecule has 2 amide bonds. The van der Waals surface area contributed by atoms with Gasteiger partial charge in [-0.25, -0.2) is 13.2 Å². The normalized spacial score (nSPS) is 19.7. The summed E-state index contributed by atoms with van der Waals surface area (Å²) in [5.74, 6) is -5.55. The Morgan fingerprint density at radius 1 is 1.14 bits per heavy atom. The van der Waals surface area contributed by atoms with Crippen molar-refractivity contribution in [3.05, 3.63) is 29.6 Å². The number of anilines is 1. The summed E-state index contributed by atoms with van der Waals surface area (Å²) >= 11 is 0. The molecule has 1 atom stereocenters. The van der Waals surface area contributed by atoms with Crippen molar-refractivity contribution in [2.24, 2.45) is 5.41 Å². The SMILES string of the molecule is CC(C)(C)C1NC(=O)CN(c2ccc(F)c(F)c2F)C1=O. The number of benzene rings is 1. The van der Waals surface area contributed by atoms with Crippen LogP contribution >= 0.6 is 0 Å². The van der Waals surface area contributed by atoms with Crippen molar-refractivity contribution in [3.8, 4) is 0 Å². The third-order valence-corrected chi connectivity index (χ3v) is 3.29. The van der Waals surface area contributed by atoms with Crippen molar-refractivity contribution in [2.75, 3.05) is 11.4 Å². The maximum absolute atomic E-state index is 13.8. The zero-order valence-corrected chi connectivity index (χ0v) is 11.8. The lowest BCUT2D eigenvalue weighted by Gasteiger charge is -2.38. The van der Waals surface area contributed by atoms with Gasteiger partial charge in [-0.3, -0.25) is 14.5 Å². The van der Waals surface area contributed by atoms with Gasteiger partial charge >= 0.3 is 0 Å². The van der Waals surface area contributed by atoms with Crippen molar-refractivity contribution in [3.63, 3.8) is 0 Å². The maximum atomic E-state index is 13.8. The lowest BCUT2D eigenvalue weighted by Crippen LogP contribution is -2.62. The van der Waals surface area contributed by atoms with E-state index < -0.39 is 53.0 Å². The number of hydrogen-bond donors (Lipinski definition) is 1. The molecule has 1 fully saturated rings. The van der Waals surface area contributed by atoms with E-state index in [1.807, 2.05) is 0 Å². The quantitative estimate of drug-likeness (QED) is 0.806. The van der Waals surface area contributed by atoms with E-state index in [1.165, 1.54) is 0 Å². The summed E-state index contributed by atoms with van der Waals surface area (Å²) in [4.78, 5) is 25.0. The molecule has 1 aromatic carbocycles. The fraction of sp³-hybridized carbons (Fsp3) is 0.429. The van der Waals surface area contributed by atoms with Crippen LogP contribution in [0.5, 0.6) is 0 Å². The Labute approximate surface area is 119 Å². The number of piperazine rings is 1. The number of amides is 2. The first-order chi connectivity index (χ1) is 9.62. The van der Waals surface area contributed by atoms with Crippen LogP contribution in [0.3, 0.4) is 0 Å². The van der Waals surface area contributed by atoms with Crippen LogP contribution < -0.4 is 10.2 Å². The molecule has 7 heteroatoms. The Hall–Kier alpha value is -2.05. The molecule has 0 spiro atoms. The molecular weight excluding hydrogens is 285 g/mol. The molecule has 4 nitrogen and oxygen atoms in total. The average molecular weight is 300 g/mol. The number of carbonyl (C=O) groups is 2. The maximum Gasteiger partial charge on any atom is 0.250 e. The van der Waals surface area contributed by atoms with Gasteiger partial charge in [-0.05, 0) is 17.5 Å². The van der Waals surface area contributed by atoms with E-state index in [9.17, 15) is 22.8 Å². The molecule has 1 N–H and O–H groups in total. The summed E-state index contributed by atoms with van der Waals surface area (Å²) in [5, 5.41) is 2.53. The monoisotopic (exact) mass is 300 g/mol. The number of rotatable bonds is 1. The molecule has 1 aliphatic heterocycles. The Kier molecular flexibility index (Phi) is 3.69. The summed E-state index contributed by atoms with van der Waals surface area (Å²) in [5.41, 5.74) is -1.04. The Morgan fingerprint density at radius 2 is 1.76 bits per heavy atom. The van der Waals surface area contributed by atoms with Gasteiger partial charge in [0.05, 0.1) is 5.69 Å². The topological polar surface area (TPSA) is 49.4 Å². The molecule has 0 radical (unpaired) electrons. The fourth-order valence-corrected chi connectivity index (χ4v) is 2.16. The van der Waals surface area contributed by atoms with Gasteiger partial charge in [0.1, 0.15) is 12.6 Å². The highest BCUT2D eigenvalue weighted by molar-refractivity contribution is 6.07. The van der Waals surface area contributed by atoms with Gasteiger partial charge in [0.2, 0.25) is 5.91 Å². The van der Waals surface area contributed by atoms with Crippen LogP contribution in [-0.4, -0.2) is 24.4 Å². The van der Waals surface area contributed by atoms with E-state index >= 15 is 0 Å². The third-order valence-electron chi connectivity index (χ3n) is 3.29.